The third kappa shape index (κ3) is 3.64. The van der Waals surface area contributed by atoms with Crippen molar-refractivity contribution < 1.29 is 8.81 Å². The van der Waals surface area contributed by atoms with Gasteiger partial charge in [0.1, 0.15) is 11.3 Å². The molecule has 0 aliphatic carbocycles. The minimum Gasteiger partial charge on any atom is -0.423 e. The Morgan fingerprint density at radius 1 is 1.36 bits per heavy atom. The fraction of sp³-hybridized carbons (Fsp3) is 0.368. The highest BCUT2D eigenvalue weighted by Gasteiger charge is 2.26. The van der Waals surface area contributed by atoms with Gasteiger partial charge in [-0.2, -0.15) is 4.98 Å². The van der Waals surface area contributed by atoms with E-state index in [1.807, 2.05) is 12.3 Å². The normalized spacial score (nSPS) is 17.7. The standard InChI is InChI=1S/C19H21FN4O/c1-23(11-14-3-2-7-21-10-14)12-15-6-8-24(13-15)19-22-17-9-16(20)4-5-18(17)25-19/h2-5,7,9-10,15H,6,8,11-13H2,1H3/t15-/m1/s1. The largest absolute Gasteiger partial charge is 0.423 e. The van der Waals surface area contributed by atoms with Gasteiger partial charge in [0, 0.05) is 44.6 Å². The average molecular weight is 340 g/mol. The van der Waals surface area contributed by atoms with Crippen LogP contribution >= 0.6 is 0 Å². The molecule has 5 nitrogen and oxygen atoms in total. The highest BCUT2D eigenvalue weighted by molar-refractivity contribution is 5.74. The second kappa shape index (κ2) is 6.80. The summed E-state index contributed by atoms with van der Waals surface area (Å²) in [5.74, 6) is 0.275. The van der Waals surface area contributed by atoms with Crippen LogP contribution in [0.15, 0.2) is 47.1 Å². The molecule has 1 aromatic carbocycles. The lowest BCUT2D eigenvalue weighted by molar-refractivity contribution is 0.279. The van der Waals surface area contributed by atoms with Crippen molar-refractivity contribution in [3.05, 3.63) is 54.1 Å². The monoisotopic (exact) mass is 340 g/mol. The number of pyridine rings is 1. The minimum atomic E-state index is -0.288. The van der Waals surface area contributed by atoms with Gasteiger partial charge in [0.2, 0.25) is 0 Å². The van der Waals surface area contributed by atoms with Gasteiger partial charge in [-0.1, -0.05) is 6.07 Å². The van der Waals surface area contributed by atoms with E-state index in [-0.39, 0.29) is 5.82 Å². The van der Waals surface area contributed by atoms with Crippen molar-refractivity contribution in [3.63, 3.8) is 0 Å². The summed E-state index contributed by atoms with van der Waals surface area (Å²) in [6, 6.07) is 9.11. The number of oxazole rings is 1. The number of rotatable bonds is 5. The Hall–Kier alpha value is -2.47. The summed E-state index contributed by atoms with van der Waals surface area (Å²) in [5.41, 5.74) is 2.43. The first-order valence-corrected chi connectivity index (χ1v) is 8.56. The number of hydrogen-bond donors (Lipinski definition) is 0. The van der Waals surface area contributed by atoms with Gasteiger partial charge in [-0.3, -0.25) is 4.98 Å². The Bertz CT molecular complexity index is 851. The number of benzene rings is 1. The lowest BCUT2D eigenvalue weighted by Crippen LogP contribution is -2.28. The van der Waals surface area contributed by atoms with E-state index in [1.54, 1.807) is 12.3 Å². The molecular formula is C19H21FN4O. The van der Waals surface area contributed by atoms with Crippen LogP contribution in [0, 0.1) is 11.7 Å². The molecule has 1 atom stereocenters. The van der Waals surface area contributed by atoms with Crippen LogP contribution in [-0.4, -0.2) is 41.5 Å². The van der Waals surface area contributed by atoms with E-state index in [0.29, 0.717) is 23.0 Å². The third-order valence-electron chi connectivity index (χ3n) is 4.64. The van der Waals surface area contributed by atoms with Gasteiger partial charge in [-0.25, -0.2) is 4.39 Å². The third-order valence-corrected chi connectivity index (χ3v) is 4.64. The molecule has 0 saturated carbocycles. The highest BCUT2D eigenvalue weighted by Crippen LogP contribution is 2.27. The zero-order valence-electron chi connectivity index (χ0n) is 14.2. The van der Waals surface area contributed by atoms with Crippen molar-refractivity contribution in [2.45, 2.75) is 13.0 Å². The van der Waals surface area contributed by atoms with E-state index in [4.69, 9.17) is 4.42 Å². The number of nitrogens with zero attached hydrogens (tertiary/aromatic N) is 4. The Morgan fingerprint density at radius 2 is 2.28 bits per heavy atom. The number of halogens is 1. The van der Waals surface area contributed by atoms with Gasteiger partial charge in [-0.05, 0) is 43.1 Å². The summed E-state index contributed by atoms with van der Waals surface area (Å²) >= 11 is 0. The van der Waals surface area contributed by atoms with Crippen LogP contribution in [0.2, 0.25) is 0 Å². The van der Waals surface area contributed by atoms with Crippen LogP contribution in [0.1, 0.15) is 12.0 Å². The summed E-state index contributed by atoms with van der Waals surface area (Å²) in [6.07, 6.45) is 4.81. The van der Waals surface area contributed by atoms with E-state index in [2.05, 4.69) is 32.9 Å². The van der Waals surface area contributed by atoms with Gasteiger partial charge < -0.3 is 14.2 Å². The van der Waals surface area contributed by atoms with Crippen LogP contribution in [-0.2, 0) is 6.54 Å². The Kier molecular flexibility index (Phi) is 4.36. The molecule has 0 radical (unpaired) electrons. The molecule has 1 aliphatic heterocycles. The van der Waals surface area contributed by atoms with Gasteiger partial charge in [-0.15, -0.1) is 0 Å². The number of hydrogen-bond acceptors (Lipinski definition) is 5. The van der Waals surface area contributed by atoms with Crippen LogP contribution in [0.5, 0.6) is 0 Å². The maximum absolute atomic E-state index is 13.3. The fourth-order valence-corrected chi connectivity index (χ4v) is 3.49. The predicted octanol–water partition coefficient (Wildman–Crippen LogP) is 3.32. The zero-order chi connectivity index (χ0) is 17.2. The Balaban J connectivity index is 1.37. The van der Waals surface area contributed by atoms with E-state index >= 15 is 0 Å². The summed E-state index contributed by atoms with van der Waals surface area (Å²) in [5, 5.41) is 0. The molecule has 3 heterocycles. The molecule has 0 amide bonds. The molecule has 25 heavy (non-hydrogen) atoms. The molecule has 130 valence electrons. The summed E-state index contributed by atoms with van der Waals surface area (Å²) in [7, 11) is 2.14. The van der Waals surface area contributed by atoms with Gasteiger partial charge in [0.05, 0.1) is 0 Å². The number of fused-ring (bicyclic) bond motifs is 1. The molecule has 2 aromatic heterocycles. The van der Waals surface area contributed by atoms with Crippen molar-refractivity contribution in [3.8, 4) is 0 Å². The molecule has 0 spiro atoms. The number of anilines is 1. The maximum Gasteiger partial charge on any atom is 0.298 e. The van der Waals surface area contributed by atoms with Crippen molar-refractivity contribution >= 4 is 17.1 Å². The quantitative estimate of drug-likeness (QED) is 0.713. The smallest absolute Gasteiger partial charge is 0.298 e. The van der Waals surface area contributed by atoms with Crippen LogP contribution in [0.25, 0.3) is 11.1 Å². The van der Waals surface area contributed by atoms with E-state index < -0.39 is 0 Å². The molecule has 6 heteroatoms. The highest BCUT2D eigenvalue weighted by atomic mass is 19.1. The fourth-order valence-electron chi connectivity index (χ4n) is 3.49. The van der Waals surface area contributed by atoms with Crippen molar-refractivity contribution in [1.29, 1.82) is 0 Å². The van der Waals surface area contributed by atoms with E-state index in [0.717, 1.165) is 32.6 Å². The zero-order valence-corrected chi connectivity index (χ0v) is 14.2. The van der Waals surface area contributed by atoms with Crippen molar-refractivity contribution in [2.24, 2.45) is 5.92 Å². The first kappa shape index (κ1) is 16.0. The van der Waals surface area contributed by atoms with Crippen LogP contribution in [0.4, 0.5) is 10.4 Å². The first-order valence-electron chi connectivity index (χ1n) is 8.56. The Morgan fingerprint density at radius 3 is 3.12 bits per heavy atom. The molecule has 3 aromatic rings. The van der Waals surface area contributed by atoms with E-state index in [9.17, 15) is 4.39 Å². The molecule has 0 bridgehead atoms. The SMILES string of the molecule is CN(Cc1cccnc1)C[C@H]1CCN(c2nc3cc(F)ccc3o2)C1. The van der Waals surface area contributed by atoms with Crippen molar-refractivity contribution in [2.75, 3.05) is 31.6 Å². The summed E-state index contributed by atoms with van der Waals surface area (Å²) in [4.78, 5) is 13.1. The number of aromatic nitrogens is 2. The molecule has 4 rings (SSSR count). The lowest BCUT2D eigenvalue weighted by Gasteiger charge is -2.21. The van der Waals surface area contributed by atoms with E-state index in [1.165, 1.54) is 17.7 Å². The van der Waals surface area contributed by atoms with Crippen molar-refractivity contribution in [1.82, 2.24) is 14.9 Å². The predicted molar refractivity (Wildman–Crippen MR) is 94.9 cm³/mol. The van der Waals surface area contributed by atoms with Crippen LogP contribution < -0.4 is 4.90 Å². The molecular weight excluding hydrogens is 319 g/mol. The molecule has 0 N–H and O–H groups in total. The van der Waals surface area contributed by atoms with Gasteiger partial charge >= 0.3 is 0 Å². The Labute approximate surface area is 146 Å². The molecule has 1 aliphatic rings. The average Bonchev–Trinajstić information content (AvgIpc) is 3.21. The minimum absolute atomic E-state index is 0.288. The molecule has 1 saturated heterocycles. The van der Waals surface area contributed by atoms with Gasteiger partial charge in [0.15, 0.2) is 5.58 Å². The first-order chi connectivity index (χ1) is 12.2. The lowest BCUT2D eigenvalue weighted by atomic mass is 10.1. The second-order valence-electron chi connectivity index (χ2n) is 6.77. The van der Waals surface area contributed by atoms with Gasteiger partial charge in [0.25, 0.3) is 6.01 Å². The molecule has 0 unspecified atom stereocenters. The topological polar surface area (TPSA) is 45.4 Å². The maximum atomic E-state index is 13.3. The summed E-state index contributed by atoms with van der Waals surface area (Å²) in [6.45, 7) is 3.74. The van der Waals surface area contributed by atoms with Crippen LogP contribution in [0.3, 0.4) is 0 Å². The second-order valence-corrected chi connectivity index (χ2v) is 6.77. The summed E-state index contributed by atoms with van der Waals surface area (Å²) < 4.78 is 19.1. The molecule has 1 fully saturated rings.